The van der Waals surface area contributed by atoms with E-state index in [4.69, 9.17) is 0 Å². The molecule has 0 saturated heterocycles. The van der Waals surface area contributed by atoms with Gasteiger partial charge in [-0.2, -0.15) is 0 Å². The molecule has 0 heteroatoms. The van der Waals surface area contributed by atoms with Crippen molar-refractivity contribution in [3.8, 4) is 0 Å². The highest BCUT2D eigenvalue weighted by Crippen LogP contribution is 2.56. The zero-order valence-electron chi connectivity index (χ0n) is 6.15. The van der Waals surface area contributed by atoms with Gasteiger partial charge >= 0.3 is 0 Å². The number of hydrogen-bond acceptors (Lipinski definition) is 0. The highest BCUT2D eigenvalue weighted by Gasteiger charge is 2.47. The third-order valence-electron chi connectivity index (χ3n) is 2.52. The summed E-state index contributed by atoms with van der Waals surface area (Å²) in [6.07, 6.45) is 2.24. The Balaban J connectivity index is 2.73. The van der Waals surface area contributed by atoms with E-state index < -0.39 is 0 Å². The van der Waals surface area contributed by atoms with E-state index in [-0.39, 0.29) is 0 Å². The smallest absolute Gasteiger partial charge is 0.00788 e. The number of allylic oxidation sites excluding steroid dienone is 2. The maximum atomic E-state index is 2.30. The first kappa shape index (κ1) is 5.87. The van der Waals surface area contributed by atoms with Gasteiger partial charge in [-0.25, -0.2) is 0 Å². The second-order valence-corrected chi connectivity index (χ2v) is 3.19. The van der Waals surface area contributed by atoms with Crippen LogP contribution in [0, 0.1) is 11.3 Å². The van der Waals surface area contributed by atoms with Gasteiger partial charge in [0.05, 0.1) is 0 Å². The van der Waals surface area contributed by atoms with Crippen molar-refractivity contribution in [1.29, 1.82) is 0 Å². The second-order valence-electron chi connectivity index (χ2n) is 3.19. The lowest BCUT2D eigenvalue weighted by atomic mass is 10.1. The van der Waals surface area contributed by atoms with Gasteiger partial charge in [0.25, 0.3) is 0 Å². The first-order valence-electron chi connectivity index (χ1n) is 3.27. The highest BCUT2D eigenvalue weighted by atomic mass is 14.5. The van der Waals surface area contributed by atoms with Crippen molar-refractivity contribution in [3.05, 3.63) is 11.6 Å². The average Bonchev–Trinajstić information content (AvgIpc) is 2.09. The fourth-order valence-corrected chi connectivity index (χ4v) is 1.43. The van der Waals surface area contributed by atoms with Gasteiger partial charge in [-0.3, -0.25) is 0 Å². The Morgan fingerprint density at radius 1 is 1.50 bits per heavy atom. The van der Waals surface area contributed by atoms with Crippen molar-refractivity contribution in [2.45, 2.75) is 27.7 Å². The molecule has 0 spiro atoms. The molecule has 1 unspecified atom stereocenters. The predicted octanol–water partition coefficient (Wildman–Crippen LogP) is 2.61. The fourth-order valence-electron chi connectivity index (χ4n) is 1.43. The van der Waals surface area contributed by atoms with Crippen LogP contribution in [-0.2, 0) is 0 Å². The molecule has 0 bridgehead atoms. The zero-order valence-corrected chi connectivity index (χ0v) is 6.15. The lowest BCUT2D eigenvalue weighted by molar-refractivity contribution is 0.596. The Labute approximate surface area is 51.6 Å². The Morgan fingerprint density at radius 2 is 1.88 bits per heavy atom. The molecule has 0 radical (unpaired) electrons. The van der Waals surface area contributed by atoms with Crippen molar-refractivity contribution < 1.29 is 0 Å². The molecule has 0 aromatic heterocycles. The van der Waals surface area contributed by atoms with Crippen molar-refractivity contribution >= 4 is 0 Å². The van der Waals surface area contributed by atoms with Crippen LogP contribution in [0.4, 0.5) is 0 Å². The summed E-state index contributed by atoms with van der Waals surface area (Å²) in [5.41, 5.74) is 2.16. The molecule has 1 atom stereocenters. The molecule has 1 aliphatic rings. The second kappa shape index (κ2) is 1.37. The van der Waals surface area contributed by atoms with Crippen LogP contribution in [0.3, 0.4) is 0 Å². The first-order chi connectivity index (χ1) is 3.60. The molecule has 0 nitrogen and oxygen atoms in total. The Hall–Kier alpha value is -0.260. The van der Waals surface area contributed by atoms with Crippen LogP contribution in [-0.4, -0.2) is 0 Å². The molecule has 8 heavy (non-hydrogen) atoms. The van der Waals surface area contributed by atoms with Gasteiger partial charge < -0.3 is 0 Å². The maximum Gasteiger partial charge on any atom is -0.00788 e. The minimum atomic E-state index is 0.536. The molecule has 0 heterocycles. The lowest BCUT2D eigenvalue weighted by Crippen LogP contribution is -1.83. The summed E-state index contributed by atoms with van der Waals surface area (Å²) >= 11 is 0. The van der Waals surface area contributed by atoms with Crippen molar-refractivity contribution in [2.24, 2.45) is 11.3 Å². The van der Waals surface area contributed by atoms with E-state index in [2.05, 4.69) is 33.8 Å². The topological polar surface area (TPSA) is 0 Å². The van der Waals surface area contributed by atoms with Crippen molar-refractivity contribution in [2.75, 3.05) is 0 Å². The predicted molar refractivity (Wildman–Crippen MR) is 36.7 cm³/mol. The molecule has 1 aliphatic carbocycles. The third kappa shape index (κ3) is 0.521. The van der Waals surface area contributed by atoms with Gasteiger partial charge in [0.15, 0.2) is 0 Å². The van der Waals surface area contributed by atoms with Crippen molar-refractivity contribution in [1.82, 2.24) is 0 Å². The monoisotopic (exact) mass is 110 g/mol. The Kier molecular flexibility index (Phi) is 1.00. The third-order valence-corrected chi connectivity index (χ3v) is 2.52. The maximum absolute atomic E-state index is 2.30. The standard InChI is InChI=1S/C8H14/c1-5-7-6(2)8(7,3)4/h5-6H,1-4H3. The number of hydrogen-bond donors (Lipinski definition) is 0. The van der Waals surface area contributed by atoms with Crippen molar-refractivity contribution in [3.63, 3.8) is 0 Å². The molecular weight excluding hydrogens is 96.1 g/mol. The van der Waals surface area contributed by atoms with Gasteiger partial charge in [-0.05, 0) is 18.3 Å². The number of rotatable bonds is 0. The molecule has 1 saturated carbocycles. The van der Waals surface area contributed by atoms with E-state index in [1.807, 2.05) is 0 Å². The van der Waals surface area contributed by atoms with E-state index in [0.29, 0.717) is 5.41 Å². The van der Waals surface area contributed by atoms with E-state index in [9.17, 15) is 0 Å². The summed E-state index contributed by atoms with van der Waals surface area (Å²) in [6, 6.07) is 0. The van der Waals surface area contributed by atoms with Gasteiger partial charge in [0.2, 0.25) is 0 Å². The normalized spacial score (nSPS) is 38.0. The molecular formula is C8H14. The Bertz CT molecular complexity index is 129. The minimum absolute atomic E-state index is 0.536. The molecule has 1 rings (SSSR count). The minimum Gasteiger partial charge on any atom is -0.0876 e. The molecule has 0 N–H and O–H groups in total. The summed E-state index contributed by atoms with van der Waals surface area (Å²) in [7, 11) is 0. The van der Waals surface area contributed by atoms with E-state index in [1.165, 1.54) is 0 Å². The zero-order chi connectivity index (χ0) is 6.36. The summed E-state index contributed by atoms with van der Waals surface area (Å²) < 4.78 is 0. The molecule has 0 aromatic rings. The summed E-state index contributed by atoms with van der Waals surface area (Å²) in [6.45, 7) is 9.01. The highest BCUT2D eigenvalue weighted by molar-refractivity contribution is 5.33. The SMILES string of the molecule is CC=C1C(C)C1(C)C. The van der Waals surface area contributed by atoms with Gasteiger partial charge in [0, 0.05) is 0 Å². The van der Waals surface area contributed by atoms with Crippen LogP contribution in [0.2, 0.25) is 0 Å². The first-order valence-corrected chi connectivity index (χ1v) is 3.27. The fraction of sp³-hybridized carbons (Fsp3) is 0.750. The van der Waals surface area contributed by atoms with E-state index in [0.717, 1.165) is 5.92 Å². The van der Waals surface area contributed by atoms with Gasteiger partial charge in [-0.15, -0.1) is 0 Å². The van der Waals surface area contributed by atoms with Crippen LogP contribution in [0.15, 0.2) is 11.6 Å². The van der Waals surface area contributed by atoms with E-state index in [1.54, 1.807) is 5.57 Å². The van der Waals surface area contributed by atoms with Crippen LogP contribution < -0.4 is 0 Å². The largest absolute Gasteiger partial charge is 0.0876 e. The van der Waals surface area contributed by atoms with Crippen LogP contribution in [0.1, 0.15) is 27.7 Å². The average molecular weight is 110 g/mol. The molecule has 0 amide bonds. The van der Waals surface area contributed by atoms with Crippen LogP contribution >= 0.6 is 0 Å². The summed E-state index contributed by atoms with van der Waals surface area (Å²) in [4.78, 5) is 0. The molecule has 0 aromatic carbocycles. The quantitative estimate of drug-likeness (QED) is 0.420. The van der Waals surface area contributed by atoms with Gasteiger partial charge in [0.1, 0.15) is 0 Å². The molecule has 1 fully saturated rings. The summed E-state index contributed by atoms with van der Waals surface area (Å²) in [5, 5.41) is 0. The van der Waals surface area contributed by atoms with E-state index >= 15 is 0 Å². The lowest BCUT2D eigenvalue weighted by Gasteiger charge is -1.91. The van der Waals surface area contributed by atoms with Gasteiger partial charge in [-0.1, -0.05) is 32.4 Å². The Morgan fingerprint density at radius 3 is 1.88 bits per heavy atom. The van der Waals surface area contributed by atoms with Crippen LogP contribution in [0.25, 0.3) is 0 Å². The van der Waals surface area contributed by atoms with Crippen LogP contribution in [0.5, 0.6) is 0 Å². The molecule has 0 aliphatic heterocycles. The molecule has 46 valence electrons. The summed E-state index contributed by atoms with van der Waals surface area (Å²) in [5.74, 6) is 0.840.